The SMILES string of the molecule is CCN(CC)CCOC(=O)c1ccccc1NC(=O)Nc1cccc2ccccc12. The minimum Gasteiger partial charge on any atom is -0.461 e. The lowest BCUT2D eigenvalue weighted by molar-refractivity contribution is 0.0467. The second-order valence-corrected chi connectivity index (χ2v) is 6.81. The van der Waals surface area contributed by atoms with Crippen LogP contribution in [0.1, 0.15) is 24.2 Å². The number of amides is 2. The third-order valence-corrected chi connectivity index (χ3v) is 4.97. The summed E-state index contributed by atoms with van der Waals surface area (Å²) in [5.74, 6) is -0.455. The number of carbonyl (C=O) groups excluding carboxylic acids is 2. The van der Waals surface area contributed by atoms with Crippen molar-refractivity contribution in [1.82, 2.24) is 4.90 Å². The average molecular weight is 405 g/mol. The number of nitrogens with zero attached hydrogens (tertiary/aromatic N) is 1. The maximum absolute atomic E-state index is 12.6. The van der Waals surface area contributed by atoms with Crippen molar-refractivity contribution in [2.45, 2.75) is 13.8 Å². The number of ether oxygens (including phenoxy) is 1. The average Bonchev–Trinajstić information content (AvgIpc) is 2.77. The smallest absolute Gasteiger partial charge is 0.340 e. The zero-order valence-electron chi connectivity index (χ0n) is 17.4. The monoisotopic (exact) mass is 405 g/mol. The standard InChI is InChI=1S/C24H27N3O3/c1-3-27(4-2)16-17-30-23(28)20-13-7-8-14-22(20)26-24(29)25-21-15-9-11-18-10-5-6-12-19(18)21/h5-15H,3-4,16-17H2,1-2H3,(H2,25,26,29). The van der Waals surface area contributed by atoms with E-state index in [9.17, 15) is 9.59 Å². The number of fused-ring (bicyclic) bond motifs is 1. The molecule has 0 aliphatic heterocycles. The molecule has 0 spiro atoms. The molecule has 0 atom stereocenters. The minimum atomic E-state index is -0.455. The lowest BCUT2D eigenvalue weighted by Gasteiger charge is -2.18. The van der Waals surface area contributed by atoms with Gasteiger partial charge in [-0.05, 0) is 36.7 Å². The highest BCUT2D eigenvalue weighted by atomic mass is 16.5. The fraction of sp³-hybridized carbons (Fsp3) is 0.250. The normalized spacial score (nSPS) is 10.8. The zero-order valence-corrected chi connectivity index (χ0v) is 17.4. The van der Waals surface area contributed by atoms with Gasteiger partial charge in [0.1, 0.15) is 6.61 Å². The number of benzene rings is 3. The highest BCUT2D eigenvalue weighted by molar-refractivity contribution is 6.08. The summed E-state index contributed by atoms with van der Waals surface area (Å²) in [4.78, 5) is 27.3. The summed E-state index contributed by atoms with van der Waals surface area (Å²) in [6.45, 7) is 6.92. The molecule has 0 fully saturated rings. The maximum atomic E-state index is 12.6. The van der Waals surface area contributed by atoms with E-state index in [0.717, 1.165) is 23.9 Å². The number of esters is 1. The van der Waals surface area contributed by atoms with E-state index in [1.165, 1.54) is 0 Å². The molecule has 3 aromatic rings. The van der Waals surface area contributed by atoms with Crippen LogP contribution in [-0.4, -0.2) is 43.1 Å². The van der Waals surface area contributed by atoms with Gasteiger partial charge in [0.25, 0.3) is 0 Å². The number of para-hydroxylation sites is 1. The number of anilines is 2. The van der Waals surface area contributed by atoms with Crippen LogP contribution in [0.2, 0.25) is 0 Å². The molecule has 2 N–H and O–H groups in total. The Kier molecular flexibility index (Phi) is 7.40. The van der Waals surface area contributed by atoms with Crippen LogP contribution >= 0.6 is 0 Å². The second-order valence-electron chi connectivity index (χ2n) is 6.81. The molecule has 0 saturated heterocycles. The maximum Gasteiger partial charge on any atom is 0.340 e. The largest absolute Gasteiger partial charge is 0.461 e. The minimum absolute atomic E-state index is 0.303. The van der Waals surface area contributed by atoms with Gasteiger partial charge in [-0.3, -0.25) is 0 Å². The second kappa shape index (κ2) is 10.4. The van der Waals surface area contributed by atoms with Crippen LogP contribution in [0.25, 0.3) is 10.8 Å². The molecule has 156 valence electrons. The molecule has 6 heteroatoms. The molecule has 0 aromatic heterocycles. The molecule has 0 heterocycles. The van der Waals surface area contributed by atoms with E-state index in [1.54, 1.807) is 24.3 Å². The number of urea groups is 1. The van der Waals surface area contributed by atoms with E-state index >= 15 is 0 Å². The van der Waals surface area contributed by atoms with E-state index in [-0.39, 0.29) is 0 Å². The molecule has 2 amide bonds. The summed E-state index contributed by atoms with van der Waals surface area (Å²) in [5.41, 5.74) is 1.43. The van der Waals surface area contributed by atoms with Crippen LogP contribution in [0.3, 0.4) is 0 Å². The molecule has 0 radical (unpaired) electrons. The Balaban J connectivity index is 1.66. The van der Waals surface area contributed by atoms with Crippen LogP contribution in [0.4, 0.5) is 16.2 Å². The van der Waals surface area contributed by atoms with Crippen molar-refractivity contribution >= 4 is 34.1 Å². The van der Waals surface area contributed by atoms with Crippen LogP contribution in [-0.2, 0) is 4.74 Å². The summed E-state index contributed by atoms with van der Waals surface area (Å²) >= 11 is 0. The van der Waals surface area contributed by atoms with Gasteiger partial charge in [-0.2, -0.15) is 0 Å². The van der Waals surface area contributed by atoms with Gasteiger partial charge >= 0.3 is 12.0 Å². The van der Waals surface area contributed by atoms with Gasteiger partial charge in [-0.1, -0.05) is 62.4 Å². The fourth-order valence-electron chi connectivity index (χ4n) is 3.27. The number of rotatable bonds is 8. The lowest BCUT2D eigenvalue weighted by atomic mass is 10.1. The van der Waals surface area contributed by atoms with Gasteiger partial charge in [0.15, 0.2) is 0 Å². The first-order valence-corrected chi connectivity index (χ1v) is 10.2. The van der Waals surface area contributed by atoms with Crippen LogP contribution in [0.15, 0.2) is 66.7 Å². The van der Waals surface area contributed by atoms with E-state index in [4.69, 9.17) is 4.74 Å². The van der Waals surface area contributed by atoms with Gasteiger partial charge in [-0.25, -0.2) is 9.59 Å². The molecule has 30 heavy (non-hydrogen) atoms. The van der Waals surface area contributed by atoms with Crippen molar-refractivity contribution in [2.75, 3.05) is 36.9 Å². The van der Waals surface area contributed by atoms with E-state index in [0.29, 0.717) is 30.1 Å². The molecule has 3 aromatic carbocycles. The predicted molar refractivity (Wildman–Crippen MR) is 121 cm³/mol. The van der Waals surface area contributed by atoms with E-state index in [2.05, 4.69) is 29.4 Å². The number of nitrogens with one attached hydrogen (secondary N) is 2. The van der Waals surface area contributed by atoms with Crippen molar-refractivity contribution in [3.8, 4) is 0 Å². The number of likely N-dealkylation sites (N-methyl/N-ethyl adjacent to an activating group) is 1. The first-order chi connectivity index (χ1) is 14.6. The topological polar surface area (TPSA) is 70.7 Å². The van der Waals surface area contributed by atoms with Crippen molar-refractivity contribution in [3.05, 3.63) is 72.3 Å². The Morgan fingerprint density at radius 2 is 1.47 bits per heavy atom. The van der Waals surface area contributed by atoms with Crippen LogP contribution in [0.5, 0.6) is 0 Å². The zero-order chi connectivity index (χ0) is 21.3. The molecule has 6 nitrogen and oxygen atoms in total. The number of hydrogen-bond acceptors (Lipinski definition) is 4. The molecule has 0 aliphatic carbocycles. The van der Waals surface area contributed by atoms with Crippen molar-refractivity contribution in [1.29, 1.82) is 0 Å². The molecule has 3 rings (SSSR count). The Morgan fingerprint density at radius 1 is 0.833 bits per heavy atom. The van der Waals surface area contributed by atoms with Crippen LogP contribution in [0, 0.1) is 0 Å². The third kappa shape index (κ3) is 5.36. The Morgan fingerprint density at radius 3 is 2.27 bits per heavy atom. The summed E-state index contributed by atoms with van der Waals surface area (Å²) in [6.07, 6.45) is 0. The first-order valence-electron chi connectivity index (χ1n) is 10.2. The summed E-state index contributed by atoms with van der Waals surface area (Å²) < 4.78 is 5.41. The van der Waals surface area contributed by atoms with Crippen molar-refractivity contribution in [2.24, 2.45) is 0 Å². The Hall–Kier alpha value is -3.38. The first kappa shape index (κ1) is 21.3. The molecule has 0 aliphatic rings. The summed E-state index contributed by atoms with van der Waals surface area (Å²) in [7, 11) is 0. The van der Waals surface area contributed by atoms with Gasteiger partial charge in [0, 0.05) is 11.9 Å². The number of hydrogen-bond donors (Lipinski definition) is 2. The Labute approximate surface area is 176 Å². The van der Waals surface area contributed by atoms with E-state index in [1.807, 2.05) is 42.5 Å². The van der Waals surface area contributed by atoms with Crippen molar-refractivity contribution < 1.29 is 14.3 Å². The summed E-state index contributed by atoms with van der Waals surface area (Å²) in [6, 6.07) is 20.0. The van der Waals surface area contributed by atoms with Gasteiger partial charge in [0.05, 0.1) is 16.9 Å². The van der Waals surface area contributed by atoms with Crippen LogP contribution < -0.4 is 10.6 Å². The fourth-order valence-corrected chi connectivity index (χ4v) is 3.27. The molecule has 0 unspecified atom stereocenters. The highest BCUT2D eigenvalue weighted by Crippen LogP contribution is 2.23. The predicted octanol–water partition coefficient (Wildman–Crippen LogP) is 4.98. The Bertz CT molecular complexity index is 1010. The molecular weight excluding hydrogens is 378 g/mol. The van der Waals surface area contributed by atoms with Gasteiger partial charge in [-0.15, -0.1) is 0 Å². The number of carbonyl (C=O) groups is 2. The molecular formula is C24H27N3O3. The molecule has 0 saturated carbocycles. The van der Waals surface area contributed by atoms with Crippen molar-refractivity contribution in [3.63, 3.8) is 0 Å². The third-order valence-electron chi connectivity index (χ3n) is 4.97. The highest BCUT2D eigenvalue weighted by Gasteiger charge is 2.15. The lowest BCUT2D eigenvalue weighted by Crippen LogP contribution is -2.28. The van der Waals surface area contributed by atoms with Gasteiger partial charge < -0.3 is 20.3 Å². The van der Waals surface area contributed by atoms with E-state index < -0.39 is 12.0 Å². The quantitative estimate of drug-likeness (QED) is 0.519. The molecule has 0 bridgehead atoms. The van der Waals surface area contributed by atoms with Gasteiger partial charge in [0.2, 0.25) is 0 Å². The summed E-state index contributed by atoms with van der Waals surface area (Å²) in [5, 5.41) is 7.61.